The first kappa shape index (κ1) is 44.4. The second-order valence-electron chi connectivity index (χ2n) is 17.9. The topological polar surface area (TPSA) is 203 Å². The summed E-state index contributed by atoms with van der Waals surface area (Å²) in [6.07, 6.45) is 1.09. The van der Waals surface area contributed by atoms with Crippen LogP contribution in [-0.2, 0) is 47.3 Å². The number of aromatic hydroxyl groups is 2. The van der Waals surface area contributed by atoms with E-state index in [4.69, 9.17) is 14.6 Å². The standard InChI is InChI=1S/C49H48N6O9S2/c1-46(2,3)63-44(62)48(21-22-48)64-53-38(34-27-66-45(50-34)52-49(31-14-8-5-9-15-31,32-16-10-6-11-17-32)33-18-12-7-13-19-33)40(58)51-47(4)42(61)55-39(41(59)60)35(28-65-43(47)55)54-23-20-29-24-36(56)37(57)25-30(29)26-54/h5-19,24-25,27,43,56-57H,20-23,26,28H2,1-4H3,(H,50,52)(H,51,58)(H,59,60)/b53-38-/t43-,47?/m0/s1. The molecule has 2 fully saturated rings. The Balaban J connectivity index is 1.04. The number of phenolic OH excluding ortho intramolecular Hbond substituents is 2. The second kappa shape index (κ2) is 16.9. The Hall–Kier alpha value is -6.85. The molecule has 1 aromatic heterocycles. The summed E-state index contributed by atoms with van der Waals surface area (Å²) >= 11 is 2.53. The van der Waals surface area contributed by atoms with Crippen molar-refractivity contribution in [2.45, 2.75) is 81.2 Å². The fraction of sp³-hybridized carbons (Fsp3) is 0.306. The zero-order valence-electron chi connectivity index (χ0n) is 36.6. The molecule has 9 rings (SSSR count). The van der Waals surface area contributed by atoms with Crippen LogP contribution in [0, 0.1) is 0 Å². The number of carbonyl (C=O) groups is 4. The van der Waals surface area contributed by atoms with E-state index in [2.05, 4.69) is 15.8 Å². The fourth-order valence-electron chi connectivity index (χ4n) is 8.71. The van der Waals surface area contributed by atoms with E-state index in [-0.39, 0.29) is 40.9 Å². The number of thioether (sulfide) groups is 1. The lowest BCUT2D eigenvalue weighted by Crippen LogP contribution is -2.79. The van der Waals surface area contributed by atoms with E-state index in [0.717, 1.165) is 27.8 Å². The number of hydrogen-bond donors (Lipinski definition) is 5. The number of aliphatic carboxylic acids is 1. The number of benzene rings is 4. The van der Waals surface area contributed by atoms with Gasteiger partial charge in [-0.05, 0) is 74.1 Å². The van der Waals surface area contributed by atoms with Crippen LogP contribution >= 0.6 is 23.1 Å². The molecule has 1 aliphatic carbocycles. The number of carboxylic acid groups (broad SMARTS) is 1. The van der Waals surface area contributed by atoms with Crippen LogP contribution in [0.5, 0.6) is 11.5 Å². The minimum atomic E-state index is -1.59. The molecule has 5 aromatic rings. The van der Waals surface area contributed by atoms with Crippen LogP contribution in [0.4, 0.5) is 5.13 Å². The maximum Gasteiger partial charge on any atom is 0.354 e. The SMILES string of the molecule is CC(C)(C)OC(=O)C1(O/N=C(\C(=O)NC2(C)C(=O)N3C(C(=O)O)=C(N4CCc5cc(O)c(O)cc5C4)CS[C@H]32)c2csc(NC(c3ccccc3)(c3ccccc3)c3ccccc3)n2)CC1. The average Bonchev–Trinajstić information content (AvgIpc) is 3.97. The van der Waals surface area contributed by atoms with Gasteiger partial charge in [-0.3, -0.25) is 14.5 Å². The van der Waals surface area contributed by atoms with Gasteiger partial charge in [-0.15, -0.1) is 23.1 Å². The van der Waals surface area contributed by atoms with Crippen molar-refractivity contribution in [3.05, 3.63) is 153 Å². The Morgan fingerprint density at radius 1 is 0.879 bits per heavy atom. The summed E-state index contributed by atoms with van der Waals surface area (Å²) in [6, 6.07) is 32.8. The number of β-lactam (4-membered cyclic amide) rings is 1. The van der Waals surface area contributed by atoms with Crippen molar-refractivity contribution in [3.63, 3.8) is 0 Å². The Morgan fingerprint density at radius 3 is 2.00 bits per heavy atom. The molecule has 3 aliphatic heterocycles. The lowest BCUT2D eigenvalue weighted by molar-refractivity contribution is -0.172. The lowest BCUT2D eigenvalue weighted by atomic mass is 9.77. The monoisotopic (exact) mass is 928 g/mol. The predicted octanol–water partition coefficient (Wildman–Crippen LogP) is 6.70. The molecule has 4 aliphatic rings. The van der Waals surface area contributed by atoms with Gasteiger partial charge in [0.2, 0.25) is 5.60 Å². The van der Waals surface area contributed by atoms with Gasteiger partial charge in [0.25, 0.3) is 11.8 Å². The normalized spacial score (nSPS) is 20.1. The molecule has 15 nitrogen and oxygen atoms in total. The van der Waals surface area contributed by atoms with Gasteiger partial charge in [0.15, 0.2) is 28.0 Å². The largest absolute Gasteiger partial charge is 0.504 e. The zero-order valence-corrected chi connectivity index (χ0v) is 38.2. The molecule has 5 N–H and O–H groups in total. The van der Waals surface area contributed by atoms with Gasteiger partial charge < -0.3 is 40.4 Å². The predicted molar refractivity (Wildman–Crippen MR) is 249 cm³/mol. The van der Waals surface area contributed by atoms with Crippen LogP contribution in [0.2, 0.25) is 0 Å². The van der Waals surface area contributed by atoms with Crippen molar-refractivity contribution in [2.75, 3.05) is 17.6 Å². The van der Waals surface area contributed by atoms with Gasteiger partial charge in [-0.2, -0.15) is 0 Å². The zero-order chi connectivity index (χ0) is 46.6. The van der Waals surface area contributed by atoms with Crippen molar-refractivity contribution < 1.29 is 44.1 Å². The molecular weight excluding hydrogens is 881 g/mol. The number of nitrogens with one attached hydrogen (secondary N) is 2. The van der Waals surface area contributed by atoms with E-state index in [9.17, 15) is 34.5 Å². The molecule has 1 saturated carbocycles. The first-order valence-electron chi connectivity index (χ1n) is 21.5. The molecule has 4 aromatic carbocycles. The van der Waals surface area contributed by atoms with E-state index in [1.54, 1.807) is 33.1 Å². The number of esters is 1. The quantitative estimate of drug-likeness (QED) is 0.0209. The Kier molecular flexibility index (Phi) is 11.3. The molecule has 0 spiro atoms. The van der Waals surface area contributed by atoms with Crippen LogP contribution in [0.15, 0.2) is 125 Å². The van der Waals surface area contributed by atoms with Gasteiger partial charge in [-0.25, -0.2) is 14.6 Å². The Bertz CT molecular complexity index is 2690. The van der Waals surface area contributed by atoms with Crippen molar-refractivity contribution in [2.24, 2.45) is 5.16 Å². The number of ether oxygens (including phenoxy) is 1. The highest BCUT2D eigenvalue weighted by molar-refractivity contribution is 8.00. The molecule has 4 heterocycles. The summed E-state index contributed by atoms with van der Waals surface area (Å²) in [4.78, 5) is 69.3. The van der Waals surface area contributed by atoms with Gasteiger partial charge in [0, 0.05) is 37.1 Å². The number of aromatic nitrogens is 1. The van der Waals surface area contributed by atoms with E-state index < -0.39 is 51.4 Å². The molecule has 1 saturated heterocycles. The molecule has 340 valence electrons. The second-order valence-corrected chi connectivity index (χ2v) is 19.8. The number of oxime groups is 1. The number of fused-ring (bicyclic) bond motifs is 2. The minimum absolute atomic E-state index is 0.102. The average molecular weight is 929 g/mol. The number of hydrogen-bond acceptors (Lipinski definition) is 14. The third-order valence-electron chi connectivity index (χ3n) is 12.2. The lowest BCUT2D eigenvalue weighted by Gasteiger charge is -2.56. The molecule has 17 heteroatoms. The maximum atomic E-state index is 14.7. The van der Waals surface area contributed by atoms with Gasteiger partial charge >= 0.3 is 11.9 Å². The number of thiazole rings is 1. The van der Waals surface area contributed by atoms with E-state index in [0.29, 0.717) is 36.6 Å². The number of carbonyl (C=O) groups excluding carboxylic acids is 3. The van der Waals surface area contributed by atoms with Crippen LogP contribution < -0.4 is 10.6 Å². The first-order valence-corrected chi connectivity index (χ1v) is 23.4. The van der Waals surface area contributed by atoms with Crippen molar-refractivity contribution >= 4 is 57.7 Å². The number of phenols is 2. The highest BCUT2D eigenvalue weighted by Gasteiger charge is 2.63. The van der Waals surface area contributed by atoms with Crippen molar-refractivity contribution in [3.8, 4) is 11.5 Å². The number of nitrogens with zero attached hydrogens (tertiary/aromatic N) is 4. The number of amides is 2. The summed E-state index contributed by atoms with van der Waals surface area (Å²) < 4.78 is 5.65. The molecule has 0 bridgehead atoms. The summed E-state index contributed by atoms with van der Waals surface area (Å²) in [5.41, 5.74) is -0.392. The summed E-state index contributed by atoms with van der Waals surface area (Å²) in [6.45, 7) is 7.45. The molecule has 66 heavy (non-hydrogen) atoms. The molecule has 1 unspecified atom stereocenters. The van der Waals surface area contributed by atoms with Crippen LogP contribution in [0.3, 0.4) is 0 Å². The smallest absolute Gasteiger partial charge is 0.354 e. The summed E-state index contributed by atoms with van der Waals surface area (Å²) in [5.74, 6) is -3.70. The van der Waals surface area contributed by atoms with Gasteiger partial charge in [0.05, 0.1) is 5.70 Å². The number of rotatable bonds is 13. The molecule has 0 radical (unpaired) electrons. The minimum Gasteiger partial charge on any atom is -0.504 e. The maximum absolute atomic E-state index is 14.7. The third-order valence-corrected chi connectivity index (χ3v) is 14.4. The number of carboxylic acids is 1. The van der Waals surface area contributed by atoms with Crippen LogP contribution in [0.25, 0.3) is 0 Å². The number of anilines is 1. The first-order chi connectivity index (χ1) is 31.5. The van der Waals surface area contributed by atoms with Crippen molar-refractivity contribution in [1.29, 1.82) is 0 Å². The van der Waals surface area contributed by atoms with Gasteiger partial charge in [-0.1, -0.05) is 96.2 Å². The molecular formula is C49H48N6O9S2. The highest BCUT2D eigenvalue weighted by Crippen LogP contribution is 2.48. The van der Waals surface area contributed by atoms with Crippen molar-refractivity contribution in [1.82, 2.24) is 20.1 Å². The van der Waals surface area contributed by atoms with E-state index in [1.165, 1.54) is 40.1 Å². The summed E-state index contributed by atoms with van der Waals surface area (Å²) in [7, 11) is 0. The highest BCUT2D eigenvalue weighted by atomic mass is 32.2. The van der Waals surface area contributed by atoms with Gasteiger partial charge in [0.1, 0.15) is 27.7 Å². The van der Waals surface area contributed by atoms with E-state index in [1.807, 2.05) is 95.9 Å². The van der Waals surface area contributed by atoms with E-state index >= 15 is 0 Å². The van der Waals surface area contributed by atoms with Crippen LogP contribution in [-0.4, -0.2) is 94.0 Å². The summed E-state index contributed by atoms with van der Waals surface area (Å²) in [5, 5.41) is 43.0. The molecule has 2 atom stereocenters. The Labute approximate surface area is 389 Å². The fourth-order valence-corrected chi connectivity index (χ4v) is 10.9. The molecule has 2 amide bonds. The van der Waals surface area contributed by atoms with Crippen LogP contribution in [0.1, 0.15) is 74.0 Å². The third kappa shape index (κ3) is 7.99. The Morgan fingerprint density at radius 2 is 1.45 bits per heavy atom.